The molecular weight excluding hydrogens is 542 g/mol. The van der Waals surface area contributed by atoms with Crippen LogP contribution in [0.4, 0.5) is 11.4 Å². The number of hydrogen-bond acceptors (Lipinski definition) is 9. The fraction of sp³-hybridized carbons (Fsp3) is 0.211. The monoisotopic (exact) mass is 560 g/mol. The topological polar surface area (TPSA) is 190 Å². The first-order valence-corrected chi connectivity index (χ1v) is 13.7. The van der Waals surface area contributed by atoms with Crippen LogP contribution in [-0.4, -0.2) is 45.5 Å². The number of sulfonamides is 1. The second kappa shape index (κ2) is 12.2. The maximum atomic E-state index is 12.1. The standard InChI is InChI=1S/C19H20N2O9S3.2Na/c1-12(22)20-15-6-4-13(18(10-15)32(25,26)27)2-3-14-5-7-16(11-19(14)33(28,29)30)21-31(23,24)17-8-9-17;;/h2-7,10-11,17,21H,8-9H2,1H3,(H,20,22)(H,25,26,27)(H,28,29,30);;/q;2*+1/p-2/b3-2+;;. The van der Waals surface area contributed by atoms with E-state index in [2.05, 4.69) is 10.0 Å². The summed E-state index contributed by atoms with van der Waals surface area (Å²) in [5, 5.41) is 1.77. The maximum Gasteiger partial charge on any atom is 1.00 e. The normalized spacial score (nSPS) is 14.0. The van der Waals surface area contributed by atoms with Crippen LogP contribution in [0.25, 0.3) is 12.2 Å². The Labute approximate surface area is 247 Å². The van der Waals surface area contributed by atoms with Crippen molar-refractivity contribution in [2.24, 2.45) is 0 Å². The molecule has 1 aliphatic rings. The summed E-state index contributed by atoms with van der Waals surface area (Å²) in [5.74, 6) is -0.491. The predicted octanol–water partition coefficient (Wildman–Crippen LogP) is -4.46. The van der Waals surface area contributed by atoms with Crippen molar-refractivity contribution in [2.45, 2.75) is 34.8 Å². The van der Waals surface area contributed by atoms with E-state index >= 15 is 0 Å². The third-order valence-corrected chi connectivity index (χ3v) is 8.21. The zero-order valence-electron chi connectivity index (χ0n) is 19.0. The van der Waals surface area contributed by atoms with E-state index in [1.165, 1.54) is 31.2 Å². The number of amides is 1. The number of carbonyl (C=O) groups excluding carboxylic acids is 1. The van der Waals surface area contributed by atoms with Crippen molar-refractivity contribution in [3.8, 4) is 0 Å². The molecule has 16 heteroatoms. The van der Waals surface area contributed by atoms with Gasteiger partial charge in [0.1, 0.15) is 20.2 Å². The zero-order valence-corrected chi connectivity index (χ0v) is 25.5. The first kappa shape index (κ1) is 32.2. The molecule has 0 heterocycles. The van der Waals surface area contributed by atoms with E-state index in [9.17, 15) is 39.2 Å². The Hall–Kier alpha value is -0.780. The van der Waals surface area contributed by atoms with Gasteiger partial charge in [0.15, 0.2) is 0 Å². The van der Waals surface area contributed by atoms with Gasteiger partial charge in [0.05, 0.1) is 15.0 Å². The van der Waals surface area contributed by atoms with Gasteiger partial charge in [-0.2, -0.15) is 0 Å². The number of carbonyl (C=O) groups is 1. The minimum atomic E-state index is -5.04. The Balaban J connectivity index is 0.00000306. The molecule has 35 heavy (non-hydrogen) atoms. The molecular formula is C19H18N2Na2O9S3. The van der Waals surface area contributed by atoms with Crippen molar-refractivity contribution in [3.63, 3.8) is 0 Å². The van der Waals surface area contributed by atoms with E-state index in [0.717, 1.165) is 24.3 Å². The van der Waals surface area contributed by atoms with E-state index in [-0.39, 0.29) is 81.6 Å². The van der Waals surface area contributed by atoms with Gasteiger partial charge in [-0.25, -0.2) is 25.3 Å². The van der Waals surface area contributed by atoms with Crippen LogP contribution in [0.5, 0.6) is 0 Å². The van der Waals surface area contributed by atoms with Crippen molar-refractivity contribution in [1.29, 1.82) is 0 Å². The van der Waals surface area contributed by atoms with Crippen LogP contribution in [0.3, 0.4) is 0 Å². The number of rotatable bonds is 8. The molecule has 3 rings (SSSR count). The molecule has 0 aliphatic heterocycles. The molecule has 1 fully saturated rings. The van der Waals surface area contributed by atoms with Crippen molar-refractivity contribution < 1.29 is 98.3 Å². The third-order valence-electron chi connectivity index (χ3n) is 4.55. The number of benzene rings is 2. The fourth-order valence-corrected chi connectivity index (χ4v) is 5.70. The van der Waals surface area contributed by atoms with Gasteiger partial charge in [0.25, 0.3) is 0 Å². The largest absolute Gasteiger partial charge is 1.00 e. The van der Waals surface area contributed by atoms with Crippen LogP contribution in [0.2, 0.25) is 0 Å². The molecule has 0 unspecified atom stereocenters. The Morgan fingerprint density at radius 3 is 1.66 bits per heavy atom. The van der Waals surface area contributed by atoms with Gasteiger partial charge < -0.3 is 14.4 Å². The molecule has 11 nitrogen and oxygen atoms in total. The van der Waals surface area contributed by atoms with Gasteiger partial charge in [-0.3, -0.25) is 9.52 Å². The Morgan fingerprint density at radius 2 is 1.26 bits per heavy atom. The first-order chi connectivity index (χ1) is 15.2. The summed E-state index contributed by atoms with van der Waals surface area (Å²) in [6, 6.07) is 6.78. The molecule has 0 aromatic heterocycles. The van der Waals surface area contributed by atoms with Crippen LogP contribution in [-0.2, 0) is 35.1 Å². The van der Waals surface area contributed by atoms with Crippen LogP contribution >= 0.6 is 0 Å². The quantitative estimate of drug-likeness (QED) is 0.182. The average molecular weight is 561 g/mol. The Morgan fingerprint density at radius 1 is 0.829 bits per heavy atom. The molecule has 2 aromatic carbocycles. The smallest absolute Gasteiger partial charge is 0.744 e. The van der Waals surface area contributed by atoms with Crippen LogP contribution in [0.15, 0.2) is 46.2 Å². The maximum absolute atomic E-state index is 12.1. The predicted molar refractivity (Wildman–Crippen MR) is 118 cm³/mol. The van der Waals surface area contributed by atoms with Gasteiger partial charge in [0.2, 0.25) is 15.9 Å². The van der Waals surface area contributed by atoms with Crippen LogP contribution < -0.4 is 69.2 Å². The van der Waals surface area contributed by atoms with E-state index < -0.39 is 51.2 Å². The zero-order chi connectivity index (χ0) is 24.6. The SMILES string of the molecule is CC(=O)Nc1ccc(/C=C/c2ccc(NS(=O)(=O)C3CC3)cc2S(=O)(=O)[O-])c(S(=O)(=O)[O-])c1.[Na+].[Na+]. The molecule has 1 saturated carbocycles. The van der Waals surface area contributed by atoms with Crippen molar-refractivity contribution in [1.82, 2.24) is 0 Å². The van der Waals surface area contributed by atoms with E-state index in [0.29, 0.717) is 12.8 Å². The molecule has 1 amide bonds. The van der Waals surface area contributed by atoms with Gasteiger partial charge in [-0.15, -0.1) is 0 Å². The summed E-state index contributed by atoms with van der Waals surface area (Å²) in [5.41, 5.74) is -0.327. The molecule has 0 radical (unpaired) electrons. The average Bonchev–Trinajstić information content (AvgIpc) is 3.51. The van der Waals surface area contributed by atoms with Crippen molar-refractivity contribution in [3.05, 3.63) is 47.5 Å². The summed E-state index contributed by atoms with van der Waals surface area (Å²) < 4.78 is 96.6. The summed E-state index contributed by atoms with van der Waals surface area (Å²) in [7, 11) is -13.7. The molecule has 0 spiro atoms. The molecule has 0 saturated heterocycles. The minimum absolute atomic E-state index is 0. The molecule has 0 bridgehead atoms. The van der Waals surface area contributed by atoms with Crippen molar-refractivity contribution in [2.75, 3.05) is 10.0 Å². The minimum Gasteiger partial charge on any atom is -0.744 e. The fourth-order valence-electron chi connectivity index (χ4n) is 2.93. The number of anilines is 2. The van der Waals surface area contributed by atoms with E-state index in [4.69, 9.17) is 0 Å². The Bertz CT molecular complexity index is 1470. The van der Waals surface area contributed by atoms with E-state index in [1.807, 2.05) is 0 Å². The molecule has 1 aliphatic carbocycles. The van der Waals surface area contributed by atoms with Crippen molar-refractivity contribution >= 4 is 59.7 Å². The number of hydrogen-bond donors (Lipinski definition) is 2. The molecule has 2 aromatic rings. The number of nitrogens with one attached hydrogen (secondary N) is 2. The Kier molecular flexibility index (Phi) is 11.2. The summed E-state index contributed by atoms with van der Waals surface area (Å²) in [6.45, 7) is 1.19. The van der Waals surface area contributed by atoms with Crippen LogP contribution in [0.1, 0.15) is 30.9 Å². The second-order valence-electron chi connectivity index (χ2n) is 7.27. The summed E-state index contributed by atoms with van der Waals surface area (Å²) in [6.07, 6.45) is 3.18. The molecule has 2 N–H and O–H groups in total. The summed E-state index contributed by atoms with van der Waals surface area (Å²) in [4.78, 5) is 9.76. The third kappa shape index (κ3) is 8.93. The molecule has 178 valence electrons. The molecule has 0 atom stereocenters. The first-order valence-electron chi connectivity index (χ1n) is 9.34. The van der Waals surface area contributed by atoms with Gasteiger partial charge in [-0.1, -0.05) is 24.3 Å². The van der Waals surface area contributed by atoms with Crippen LogP contribution in [0, 0.1) is 0 Å². The van der Waals surface area contributed by atoms with Gasteiger partial charge >= 0.3 is 59.1 Å². The van der Waals surface area contributed by atoms with Gasteiger partial charge in [0, 0.05) is 18.3 Å². The second-order valence-corrected chi connectivity index (χ2v) is 11.9. The summed E-state index contributed by atoms with van der Waals surface area (Å²) >= 11 is 0. The van der Waals surface area contributed by atoms with Gasteiger partial charge in [-0.05, 0) is 48.2 Å². The van der Waals surface area contributed by atoms with E-state index in [1.54, 1.807) is 0 Å².